The van der Waals surface area contributed by atoms with Crippen LogP contribution in [0.25, 0.3) is 0 Å². The van der Waals surface area contributed by atoms with Gasteiger partial charge in [-0.2, -0.15) is 0 Å². The van der Waals surface area contributed by atoms with E-state index in [2.05, 4.69) is 29.0 Å². The highest BCUT2D eigenvalue weighted by Crippen LogP contribution is 2.30. The van der Waals surface area contributed by atoms with Gasteiger partial charge in [-0.1, -0.05) is 19.8 Å². The zero-order chi connectivity index (χ0) is 14.7. The SMILES string of the molecule is CCCNC1CCCC1CN1CC2CCCCN2CC1C. The highest BCUT2D eigenvalue weighted by molar-refractivity contribution is 4.92. The Morgan fingerprint density at radius 2 is 1.95 bits per heavy atom. The average Bonchev–Trinajstić information content (AvgIpc) is 2.93. The fraction of sp³-hybridized carbons (Fsp3) is 1.00. The van der Waals surface area contributed by atoms with Gasteiger partial charge in [0.15, 0.2) is 0 Å². The van der Waals surface area contributed by atoms with Crippen LogP contribution in [0.2, 0.25) is 0 Å². The molecule has 122 valence electrons. The fourth-order valence-corrected chi connectivity index (χ4v) is 4.82. The van der Waals surface area contributed by atoms with Gasteiger partial charge < -0.3 is 5.32 Å². The smallest absolute Gasteiger partial charge is 0.0223 e. The molecule has 0 aromatic rings. The molecule has 3 fully saturated rings. The fourth-order valence-electron chi connectivity index (χ4n) is 4.82. The van der Waals surface area contributed by atoms with E-state index in [0.29, 0.717) is 0 Å². The van der Waals surface area contributed by atoms with E-state index in [-0.39, 0.29) is 0 Å². The summed E-state index contributed by atoms with van der Waals surface area (Å²) >= 11 is 0. The molecule has 2 saturated heterocycles. The van der Waals surface area contributed by atoms with E-state index < -0.39 is 0 Å². The molecule has 3 heteroatoms. The molecule has 4 unspecified atom stereocenters. The molecule has 0 amide bonds. The third kappa shape index (κ3) is 3.80. The summed E-state index contributed by atoms with van der Waals surface area (Å²) in [5, 5.41) is 3.81. The van der Waals surface area contributed by atoms with Crippen LogP contribution in [0.15, 0.2) is 0 Å². The van der Waals surface area contributed by atoms with Crippen molar-refractivity contribution in [3.05, 3.63) is 0 Å². The van der Waals surface area contributed by atoms with Gasteiger partial charge in [-0.05, 0) is 58.0 Å². The molecule has 0 aromatic heterocycles. The normalized spacial score (nSPS) is 38.6. The number of piperazine rings is 1. The molecule has 0 spiro atoms. The van der Waals surface area contributed by atoms with E-state index in [0.717, 1.165) is 24.0 Å². The molecule has 3 nitrogen and oxygen atoms in total. The summed E-state index contributed by atoms with van der Waals surface area (Å²) in [5.74, 6) is 0.897. The lowest BCUT2D eigenvalue weighted by Gasteiger charge is -2.48. The molecule has 2 aliphatic heterocycles. The third-order valence-electron chi connectivity index (χ3n) is 6.10. The summed E-state index contributed by atoms with van der Waals surface area (Å²) in [6.07, 6.45) is 9.86. The van der Waals surface area contributed by atoms with E-state index in [1.54, 1.807) is 0 Å². The Balaban J connectivity index is 1.53. The van der Waals surface area contributed by atoms with Gasteiger partial charge in [0.2, 0.25) is 0 Å². The van der Waals surface area contributed by atoms with Crippen molar-refractivity contribution in [1.29, 1.82) is 0 Å². The Kier molecular flexibility index (Phi) is 5.58. The topological polar surface area (TPSA) is 18.5 Å². The molecule has 3 rings (SSSR count). The number of piperidine rings is 1. The van der Waals surface area contributed by atoms with Crippen LogP contribution in [0.4, 0.5) is 0 Å². The molecule has 1 saturated carbocycles. The van der Waals surface area contributed by atoms with Crippen LogP contribution in [0, 0.1) is 5.92 Å². The number of nitrogens with zero attached hydrogens (tertiary/aromatic N) is 2. The van der Waals surface area contributed by atoms with E-state index in [1.807, 2.05) is 0 Å². The lowest BCUT2D eigenvalue weighted by Crippen LogP contribution is -2.59. The van der Waals surface area contributed by atoms with Gasteiger partial charge in [0.25, 0.3) is 0 Å². The summed E-state index contributed by atoms with van der Waals surface area (Å²) < 4.78 is 0. The van der Waals surface area contributed by atoms with Gasteiger partial charge in [0.05, 0.1) is 0 Å². The average molecular weight is 293 g/mol. The van der Waals surface area contributed by atoms with Crippen LogP contribution in [0.1, 0.15) is 58.8 Å². The Labute approximate surface area is 131 Å². The highest BCUT2D eigenvalue weighted by Gasteiger charge is 2.36. The van der Waals surface area contributed by atoms with Gasteiger partial charge in [-0.3, -0.25) is 9.80 Å². The summed E-state index contributed by atoms with van der Waals surface area (Å²) in [7, 11) is 0. The summed E-state index contributed by atoms with van der Waals surface area (Å²) in [4.78, 5) is 5.59. The molecule has 21 heavy (non-hydrogen) atoms. The molecule has 0 bridgehead atoms. The molecule has 1 N–H and O–H groups in total. The van der Waals surface area contributed by atoms with Crippen LogP contribution >= 0.6 is 0 Å². The van der Waals surface area contributed by atoms with Gasteiger partial charge >= 0.3 is 0 Å². The number of fused-ring (bicyclic) bond motifs is 1. The molecule has 0 aromatic carbocycles. The number of hydrogen-bond donors (Lipinski definition) is 1. The zero-order valence-corrected chi connectivity index (χ0v) is 14.2. The number of hydrogen-bond acceptors (Lipinski definition) is 3. The minimum atomic E-state index is 0.756. The molecule has 3 aliphatic rings. The van der Waals surface area contributed by atoms with Crippen molar-refractivity contribution in [2.75, 3.05) is 32.7 Å². The first kappa shape index (κ1) is 15.8. The van der Waals surface area contributed by atoms with E-state index in [9.17, 15) is 0 Å². The van der Waals surface area contributed by atoms with Crippen LogP contribution in [0.5, 0.6) is 0 Å². The molecule has 4 atom stereocenters. The van der Waals surface area contributed by atoms with Crippen molar-refractivity contribution in [3.8, 4) is 0 Å². The van der Waals surface area contributed by atoms with Crippen molar-refractivity contribution in [2.24, 2.45) is 5.92 Å². The summed E-state index contributed by atoms with van der Waals surface area (Å²) in [6.45, 7) is 11.3. The number of nitrogens with one attached hydrogen (secondary N) is 1. The lowest BCUT2D eigenvalue weighted by molar-refractivity contribution is 0.00631. The molecule has 0 radical (unpaired) electrons. The van der Waals surface area contributed by atoms with E-state index in [4.69, 9.17) is 0 Å². The molecule has 1 aliphatic carbocycles. The van der Waals surface area contributed by atoms with Crippen molar-refractivity contribution in [3.63, 3.8) is 0 Å². The third-order valence-corrected chi connectivity index (χ3v) is 6.10. The predicted octanol–water partition coefficient (Wildman–Crippen LogP) is 2.71. The second kappa shape index (κ2) is 7.43. The van der Waals surface area contributed by atoms with Gasteiger partial charge in [0, 0.05) is 37.8 Å². The predicted molar refractivity (Wildman–Crippen MR) is 89.7 cm³/mol. The minimum Gasteiger partial charge on any atom is -0.314 e. The molecular formula is C18H35N3. The lowest BCUT2D eigenvalue weighted by atomic mass is 9.95. The van der Waals surface area contributed by atoms with Crippen molar-refractivity contribution in [2.45, 2.75) is 76.9 Å². The Bertz CT molecular complexity index is 320. The quantitative estimate of drug-likeness (QED) is 0.841. The minimum absolute atomic E-state index is 0.756. The first-order valence-electron chi connectivity index (χ1n) is 9.49. The largest absolute Gasteiger partial charge is 0.314 e. The summed E-state index contributed by atoms with van der Waals surface area (Å²) in [5.41, 5.74) is 0. The monoisotopic (exact) mass is 293 g/mol. The standard InChI is InChI=1S/C18H35N3/c1-3-10-19-18-9-6-7-16(18)13-21-14-17-8-4-5-11-20(17)12-15(21)2/h15-19H,3-14H2,1-2H3. The van der Waals surface area contributed by atoms with Gasteiger partial charge in [0.1, 0.15) is 0 Å². The van der Waals surface area contributed by atoms with Crippen LogP contribution in [0.3, 0.4) is 0 Å². The Hall–Kier alpha value is -0.120. The van der Waals surface area contributed by atoms with Crippen LogP contribution in [-0.4, -0.2) is 60.6 Å². The van der Waals surface area contributed by atoms with Crippen molar-refractivity contribution >= 4 is 0 Å². The maximum absolute atomic E-state index is 3.81. The molecular weight excluding hydrogens is 258 g/mol. The molecule has 2 heterocycles. The van der Waals surface area contributed by atoms with Gasteiger partial charge in [-0.25, -0.2) is 0 Å². The summed E-state index contributed by atoms with van der Waals surface area (Å²) in [6, 6.07) is 2.41. The van der Waals surface area contributed by atoms with E-state index in [1.165, 1.54) is 77.7 Å². The Morgan fingerprint density at radius 3 is 2.81 bits per heavy atom. The second-order valence-electron chi connectivity index (χ2n) is 7.70. The second-order valence-corrected chi connectivity index (χ2v) is 7.70. The first-order valence-corrected chi connectivity index (χ1v) is 9.49. The highest BCUT2D eigenvalue weighted by atomic mass is 15.3. The van der Waals surface area contributed by atoms with E-state index >= 15 is 0 Å². The van der Waals surface area contributed by atoms with Gasteiger partial charge in [-0.15, -0.1) is 0 Å². The zero-order valence-electron chi connectivity index (χ0n) is 14.2. The van der Waals surface area contributed by atoms with Crippen LogP contribution < -0.4 is 5.32 Å². The maximum atomic E-state index is 3.81. The van der Waals surface area contributed by atoms with Crippen molar-refractivity contribution in [1.82, 2.24) is 15.1 Å². The maximum Gasteiger partial charge on any atom is 0.0223 e. The first-order chi connectivity index (χ1) is 10.3. The van der Waals surface area contributed by atoms with Crippen LogP contribution in [-0.2, 0) is 0 Å². The van der Waals surface area contributed by atoms with Crippen molar-refractivity contribution < 1.29 is 0 Å². The Morgan fingerprint density at radius 1 is 1.05 bits per heavy atom. The number of rotatable bonds is 5.